The van der Waals surface area contributed by atoms with Crippen LogP contribution in [0.2, 0.25) is 0.0125 Å². The van der Waals surface area contributed by atoms with Crippen LogP contribution in [-0.4, -0.2) is 56.5 Å². The van der Waals surface area contributed by atoms with Crippen molar-refractivity contribution in [2.75, 3.05) is 0 Å². The van der Waals surface area contributed by atoms with Gasteiger partial charge in [0.05, 0.1) is 0 Å². The Balaban J connectivity index is 0.000000180. The van der Waals surface area contributed by atoms with Gasteiger partial charge in [-0.25, -0.2) is 0 Å². The summed E-state index contributed by atoms with van der Waals surface area (Å²) in [7, 11) is -3.67. The van der Waals surface area contributed by atoms with Crippen LogP contribution in [0.15, 0.2) is 0 Å². The van der Waals surface area contributed by atoms with E-state index in [9.17, 15) is 12.9 Å². The molecular weight excluding hydrogens is 167 g/mol. The molecule has 0 aromatic heterocycles. The molecule has 0 aromatic carbocycles. The van der Waals surface area contributed by atoms with Crippen LogP contribution in [0.25, 0.3) is 0 Å². The first-order chi connectivity index (χ1) is 4.63. The topological polar surface area (TPSA) is 0 Å². The maximum absolute atomic E-state index is 9.67. The Morgan fingerprint density at radius 1 is 1.10 bits per heavy atom. The van der Waals surface area contributed by atoms with Crippen LogP contribution < -0.4 is 0 Å². The molecule has 10 heavy (non-hydrogen) atoms. The van der Waals surface area contributed by atoms with Crippen molar-refractivity contribution in [2.24, 2.45) is 0 Å². The molecule has 0 atom stereocenters. The summed E-state index contributed by atoms with van der Waals surface area (Å²) >= 11 is 1.14. The van der Waals surface area contributed by atoms with Crippen LogP contribution in [0.4, 0.5) is 12.9 Å². The zero-order chi connectivity index (χ0) is 7.98. The fraction of sp³-hybridized carbons (Fsp3) is 1.00. The summed E-state index contributed by atoms with van der Waals surface area (Å²) in [6.07, 6.45) is 6.21. The van der Waals surface area contributed by atoms with E-state index in [1.54, 1.807) is 12.8 Å². The van der Waals surface area contributed by atoms with Crippen molar-refractivity contribution < 1.29 is 12.9 Å². The standard InChI is InChI=1S/C5H9.BF3.K/c1-2-4-5-3-1;2-1(3)4;/h1H,2-5H2;;. The van der Waals surface area contributed by atoms with Crippen molar-refractivity contribution in [1.29, 1.82) is 0 Å². The van der Waals surface area contributed by atoms with Crippen molar-refractivity contribution in [3.05, 3.63) is 0 Å². The van der Waals surface area contributed by atoms with Crippen LogP contribution in [0, 0.1) is 0 Å². The van der Waals surface area contributed by atoms with Gasteiger partial charge in [-0.15, -0.1) is 0 Å². The Hall–Kier alpha value is 1.49. The second-order valence-corrected chi connectivity index (χ2v) is 5.19. The molecule has 0 unspecified atom stereocenters. The molecule has 1 rings (SSSR count). The summed E-state index contributed by atoms with van der Waals surface area (Å²) in [5.41, 5.74) is 0. The van der Waals surface area contributed by atoms with Crippen molar-refractivity contribution >= 4 is 56.5 Å². The fourth-order valence-corrected chi connectivity index (χ4v) is 2.40. The molecule has 1 fully saturated rings. The SMILES string of the molecule is FB(F)F.[K][CH]1CCCC1. The molecule has 0 nitrogen and oxygen atoms in total. The summed E-state index contributed by atoms with van der Waals surface area (Å²) in [6, 6.07) is 0. The third-order valence-corrected chi connectivity index (χ3v) is 3.45. The number of rotatable bonds is 0. The summed E-state index contributed by atoms with van der Waals surface area (Å²) in [4.78, 5) is 0. The van der Waals surface area contributed by atoms with Crippen LogP contribution >= 0.6 is 0 Å². The van der Waals surface area contributed by atoms with Gasteiger partial charge in [0.2, 0.25) is 0 Å². The maximum atomic E-state index is 9.67. The molecule has 54 valence electrons. The zero-order valence-corrected chi connectivity index (χ0v) is 9.24. The average Bonchev–Trinajstić information content (AvgIpc) is 2.15. The van der Waals surface area contributed by atoms with Crippen LogP contribution in [0.3, 0.4) is 0 Å². The molecule has 0 bridgehead atoms. The molecule has 0 aliphatic heterocycles. The van der Waals surface area contributed by atoms with Gasteiger partial charge in [0.1, 0.15) is 0 Å². The summed E-state index contributed by atoms with van der Waals surface area (Å²) in [5.74, 6) is 0. The van der Waals surface area contributed by atoms with E-state index in [1.165, 1.54) is 12.9 Å². The molecule has 0 spiro atoms. The van der Waals surface area contributed by atoms with Crippen LogP contribution in [-0.2, 0) is 0 Å². The van der Waals surface area contributed by atoms with E-state index in [-0.39, 0.29) is 0 Å². The Morgan fingerprint density at radius 3 is 1.50 bits per heavy atom. The van der Waals surface area contributed by atoms with E-state index in [0.29, 0.717) is 0 Å². The third-order valence-electron chi connectivity index (χ3n) is 1.64. The van der Waals surface area contributed by atoms with Crippen molar-refractivity contribution in [3.63, 3.8) is 0 Å². The number of hydrogen-bond acceptors (Lipinski definition) is 0. The first-order valence-electron chi connectivity index (χ1n) is 3.55. The molecule has 0 heterocycles. The van der Waals surface area contributed by atoms with E-state index < -0.39 is 7.54 Å². The number of hydrogen-bond donors (Lipinski definition) is 0. The second kappa shape index (κ2) is 7.16. The van der Waals surface area contributed by atoms with Crippen molar-refractivity contribution in [3.8, 4) is 0 Å². The Labute approximate surface area is 93.7 Å². The van der Waals surface area contributed by atoms with E-state index in [0.717, 1.165) is 49.0 Å². The zero-order valence-electron chi connectivity index (χ0n) is 6.12. The Bertz CT molecular complexity index is 72.5. The molecule has 1 saturated carbocycles. The predicted octanol–water partition coefficient (Wildman–Crippen LogP) is 2.40. The Morgan fingerprint density at radius 2 is 1.40 bits per heavy atom. The van der Waals surface area contributed by atoms with Crippen LogP contribution in [0.5, 0.6) is 0 Å². The van der Waals surface area contributed by atoms with Crippen molar-refractivity contribution in [1.82, 2.24) is 0 Å². The van der Waals surface area contributed by atoms with E-state index in [2.05, 4.69) is 0 Å². The summed E-state index contributed by atoms with van der Waals surface area (Å²) < 4.78 is 30.2. The molecule has 1 aliphatic rings. The van der Waals surface area contributed by atoms with E-state index in [4.69, 9.17) is 0 Å². The first-order valence-corrected chi connectivity index (χ1v) is 5.35. The molecule has 0 amide bonds. The molecule has 5 heteroatoms. The predicted molar refractivity (Wildman–Crippen MR) is 37.1 cm³/mol. The summed E-state index contributed by atoms with van der Waals surface area (Å²) in [6.45, 7) is 0. The van der Waals surface area contributed by atoms with Gasteiger partial charge in [0.15, 0.2) is 0 Å². The average molecular weight is 176 g/mol. The monoisotopic (exact) mass is 176 g/mol. The van der Waals surface area contributed by atoms with Gasteiger partial charge in [-0.05, 0) is 0 Å². The molecular formula is C5H9BF3K. The molecule has 0 saturated heterocycles. The second-order valence-electron chi connectivity index (χ2n) is 2.64. The number of halogens is 3. The summed E-state index contributed by atoms with van der Waals surface area (Å²) in [5, 5.41) is 0. The quantitative estimate of drug-likeness (QED) is 0.497. The molecule has 1 aliphatic carbocycles. The van der Waals surface area contributed by atoms with Gasteiger partial charge in [0.25, 0.3) is 0 Å². The Kier molecular flexibility index (Phi) is 8.22. The molecule has 0 aromatic rings. The van der Waals surface area contributed by atoms with Gasteiger partial charge in [-0.3, -0.25) is 12.9 Å². The van der Waals surface area contributed by atoms with Gasteiger partial charge in [-0.1, -0.05) is 0 Å². The van der Waals surface area contributed by atoms with Gasteiger partial charge < -0.3 is 0 Å². The minimum atomic E-state index is -3.67. The molecule has 0 radical (unpaired) electrons. The van der Waals surface area contributed by atoms with Gasteiger partial charge in [-0.2, -0.15) is 0 Å². The van der Waals surface area contributed by atoms with Gasteiger partial charge >= 0.3 is 82.2 Å². The van der Waals surface area contributed by atoms with Gasteiger partial charge in [0, 0.05) is 0 Å². The molecule has 0 N–H and O–H groups in total. The minimum absolute atomic E-state index is 1.14. The normalized spacial score (nSPS) is 18.1. The van der Waals surface area contributed by atoms with Crippen molar-refractivity contribution in [2.45, 2.75) is 25.7 Å². The van der Waals surface area contributed by atoms with Crippen LogP contribution in [0.1, 0.15) is 25.7 Å². The van der Waals surface area contributed by atoms with E-state index in [1.807, 2.05) is 0 Å². The van der Waals surface area contributed by atoms with E-state index >= 15 is 0 Å². The third kappa shape index (κ3) is 9.49. The first kappa shape index (κ1) is 11.5. The fourth-order valence-electron chi connectivity index (χ4n) is 1.13.